The number of nitrogens with zero attached hydrogens (tertiary/aromatic N) is 3. The van der Waals surface area contributed by atoms with E-state index in [0.717, 1.165) is 17.7 Å². The van der Waals surface area contributed by atoms with E-state index in [9.17, 15) is 9.59 Å². The van der Waals surface area contributed by atoms with Crippen LogP contribution in [0.25, 0.3) is 10.7 Å². The summed E-state index contributed by atoms with van der Waals surface area (Å²) in [5.74, 6) is 2.12. The normalized spacial score (nSPS) is 14.8. The van der Waals surface area contributed by atoms with Gasteiger partial charge < -0.3 is 19.2 Å². The summed E-state index contributed by atoms with van der Waals surface area (Å²) in [6.45, 7) is 3.09. The minimum atomic E-state index is -0.200. The first-order valence-electron chi connectivity index (χ1n) is 10.1. The first-order valence-corrected chi connectivity index (χ1v) is 11.0. The zero-order chi connectivity index (χ0) is 20.9. The average molecular weight is 429 g/mol. The second-order valence-electron chi connectivity index (χ2n) is 7.38. The zero-order valence-electron chi connectivity index (χ0n) is 16.8. The standard InChI is InChI=1S/C21H24N4O4S/c1-14-7-8-16(28-14)21(27)22-15-9-11-25(12-10-15)19(26)6-2-5-18-23-20(24-29-18)17-4-3-13-30-17/h3-4,7-8,13,15H,2,5-6,9-12H2,1H3,(H,22,27). The second kappa shape index (κ2) is 9.25. The fraction of sp³-hybridized carbons (Fsp3) is 0.429. The minimum absolute atomic E-state index is 0.0565. The first-order chi connectivity index (χ1) is 14.6. The molecule has 4 rings (SSSR count). The molecule has 0 aromatic carbocycles. The number of likely N-dealkylation sites (tertiary alicyclic amines) is 1. The van der Waals surface area contributed by atoms with E-state index in [4.69, 9.17) is 8.94 Å². The summed E-state index contributed by atoms with van der Waals surface area (Å²) in [5.41, 5.74) is 0. The Labute approximate surface area is 178 Å². The SMILES string of the molecule is Cc1ccc(C(=O)NC2CCN(C(=O)CCCc3nc(-c4cccs4)no3)CC2)o1. The molecule has 0 bridgehead atoms. The zero-order valence-corrected chi connectivity index (χ0v) is 17.6. The Morgan fingerprint density at radius 1 is 1.27 bits per heavy atom. The number of furan rings is 1. The van der Waals surface area contributed by atoms with Crippen molar-refractivity contribution in [3.8, 4) is 10.7 Å². The van der Waals surface area contributed by atoms with Gasteiger partial charge in [-0.05, 0) is 49.8 Å². The van der Waals surface area contributed by atoms with Gasteiger partial charge in [-0.2, -0.15) is 4.98 Å². The van der Waals surface area contributed by atoms with Crippen molar-refractivity contribution >= 4 is 23.2 Å². The highest BCUT2D eigenvalue weighted by Crippen LogP contribution is 2.22. The predicted octanol–water partition coefficient (Wildman–Crippen LogP) is 3.44. The molecule has 1 N–H and O–H groups in total. The van der Waals surface area contributed by atoms with Crippen molar-refractivity contribution in [2.45, 2.75) is 45.1 Å². The minimum Gasteiger partial charge on any atom is -0.456 e. The van der Waals surface area contributed by atoms with Gasteiger partial charge in [0.05, 0.1) is 4.88 Å². The Balaban J connectivity index is 1.17. The van der Waals surface area contributed by atoms with Crippen LogP contribution in [0, 0.1) is 6.92 Å². The lowest BCUT2D eigenvalue weighted by Crippen LogP contribution is -2.46. The van der Waals surface area contributed by atoms with Gasteiger partial charge in [-0.25, -0.2) is 0 Å². The predicted molar refractivity (Wildman–Crippen MR) is 111 cm³/mol. The molecule has 1 aliphatic heterocycles. The maximum atomic E-state index is 12.5. The van der Waals surface area contributed by atoms with Crippen LogP contribution in [0.3, 0.4) is 0 Å². The fourth-order valence-corrected chi connectivity index (χ4v) is 4.15. The Morgan fingerprint density at radius 2 is 2.10 bits per heavy atom. The van der Waals surface area contributed by atoms with Crippen LogP contribution in [0.5, 0.6) is 0 Å². The number of rotatable bonds is 7. The number of nitrogens with one attached hydrogen (secondary N) is 1. The lowest BCUT2D eigenvalue weighted by atomic mass is 10.0. The average Bonchev–Trinajstić information content (AvgIpc) is 3.50. The van der Waals surface area contributed by atoms with Gasteiger partial charge in [0.2, 0.25) is 17.6 Å². The Hall–Kier alpha value is -2.94. The lowest BCUT2D eigenvalue weighted by molar-refractivity contribution is -0.132. The van der Waals surface area contributed by atoms with Crippen LogP contribution in [-0.2, 0) is 11.2 Å². The molecule has 3 aromatic rings. The van der Waals surface area contributed by atoms with Crippen LogP contribution in [0.15, 0.2) is 38.6 Å². The van der Waals surface area contributed by atoms with Gasteiger partial charge >= 0.3 is 0 Å². The quantitative estimate of drug-likeness (QED) is 0.619. The van der Waals surface area contributed by atoms with Gasteiger partial charge in [-0.15, -0.1) is 11.3 Å². The van der Waals surface area contributed by atoms with Gasteiger partial charge in [0.1, 0.15) is 5.76 Å². The third-order valence-electron chi connectivity index (χ3n) is 5.14. The summed E-state index contributed by atoms with van der Waals surface area (Å²) >= 11 is 1.56. The van der Waals surface area contributed by atoms with E-state index in [1.165, 1.54) is 0 Å². The smallest absolute Gasteiger partial charge is 0.287 e. The monoisotopic (exact) mass is 428 g/mol. The lowest BCUT2D eigenvalue weighted by Gasteiger charge is -2.32. The van der Waals surface area contributed by atoms with Crippen molar-refractivity contribution in [3.05, 3.63) is 47.1 Å². The van der Waals surface area contributed by atoms with Gasteiger partial charge in [0.25, 0.3) is 5.91 Å². The molecule has 8 nitrogen and oxygen atoms in total. The summed E-state index contributed by atoms with van der Waals surface area (Å²) in [4.78, 5) is 31.9. The second-order valence-corrected chi connectivity index (χ2v) is 8.33. The number of thiophene rings is 1. The van der Waals surface area contributed by atoms with Crippen LogP contribution in [0.2, 0.25) is 0 Å². The number of carbonyl (C=O) groups is 2. The van der Waals surface area contributed by atoms with Gasteiger partial charge in [-0.3, -0.25) is 9.59 Å². The number of aryl methyl sites for hydroxylation is 2. The van der Waals surface area contributed by atoms with E-state index in [2.05, 4.69) is 15.5 Å². The third-order valence-corrected chi connectivity index (χ3v) is 6.00. The molecular formula is C21H24N4O4S. The molecule has 0 unspecified atom stereocenters. The number of piperidine rings is 1. The van der Waals surface area contributed by atoms with Crippen LogP contribution >= 0.6 is 11.3 Å². The van der Waals surface area contributed by atoms with E-state index in [-0.39, 0.29) is 17.9 Å². The fourth-order valence-electron chi connectivity index (χ4n) is 3.50. The van der Waals surface area contributed by atoms with E-state index in [1.54, 1.807) is 23.5 Å². The summed E-state index contributed by atoms with van der Waals surface area (Å²) < 4.78 is 10.6. The number of carbonyl (C=O) groups excluding carboxylic acids is 2. The Bertz CT molecular complexity index is 987. The van der Waals surface area contributed by atoms with Crippen molar-refractivity contribution in [3.63, 3.8) is 0 Å². The number of amides is 2. The Kier molecular flexibility index (Phi) is 6.27. The van der Waals surface area contributed by atoms with Crippen LogP contribution in [-0.4, -0.2) is 46.0 Å². The number of hydrogen-bond donors (Lipinski definition) is 1. The van der Waals surface area contributed by atoms with Crippen LogP contribution in [0.4, 0.5) is 0 Å². The molecule has 0 radical (unpaired) electrons. The summed E-state index contributed by atoms with van der Waals surface area (Å²) in [5, 5.41) is 8.95. The molecule has 1 saturated heterocycles. The highest BCUT2D eigenvalue weighted by atomic mass is 32.1. The molecule has 2 amide bonds. The van der Waals surface area contributed by atoms with E-state index >= 15 is 0 Å². The van der Waals surface area contributed by atoms with Crippen molar-refractivity contribution in [2.24, 2.45) is 0 Å². The summed E-state index contributed by atoms with van der Waals surface area (Å²) in [6, 6.07) is 7.40. The van der Waals surface area contributed by atoms with E-state index in [0.29, 0.717) is 55.6 Å². The van der Waals surface area contributed by atoms with Crippen molar-refractivity contribution in [1.82, 2.24) is 20.4 Å². The number of aromatic nitrogens is 2. The molecule has 30 heavy (non-hydrogen) atoms. The van der Waals surface area contributed by atoms with Crippen LogP contribution < -0.4 is 5.32 Å². The molecule has 158 valence electrons. The van der Waals surface area contributed by atoms with Gasteiger partial charge in [-0.1, -0.05) is 11.2 Å². The molecule has 3 aromatic heterocycles. The molecule has 9 heteroatoms. The Morgan fingerprint density at radius 3 is 2.80 bits per heavy atom. The molecule has 4 heterocycles. The molecule has 0 atom stereocenters. The van der Waals surface area contributed by atoms with Crippen molar-refractivity contribution < 1.29 is 18.5 Å². The third kappa shape index (κ3) is 4.96. The maximum Gasteiger partial charge on any atom is 0.287 e. The first kappa shape index (κ1) is 20.3. The van der Waals surface area contributed by atoms with E-state index < -0.39 is 0 Å². The molecule has 0 saturated carbocycles. The van der Waals surface area contributed by atoms with Crippen molar-refractivity contribution in [1.29, 1.82) is 0 Å². The molecule has 1 fully saturated rings. The van der Waals surface area contributed by atoms with Gasteiger partial charge in [0, 0.05) is 32.0 Å². The molecule has 1 aliphatic rings. The van der Waals surface area contributed by atoms with Crippen molar-refractivity contribution in [2.75, 3.05) is 13.1 Å². The molecular weight excluding hydrogens is 404 g/mol. The highest BCUT2D eigenvalue weighted by Gasteiger charge is 2.24. The van der Waals surface area contributed by atoms with Crippen LogP contribution in [0.1, 0.15) is 47.9 Å². The molecule has 0 spiro atoms. The van der Waals surface area contributed by atoms with Gasteiger partial charge in [0.15, 0.2) is 5.76 Å². The highest BCUT2D eigenvalue weighted by molar-refractivity contribution is 7.13. The summed E-state index contributed by atoms with van der Waals surface area (Å²) in [7, 11) is 0. The van der Waals surface area contributed by atoms with E-state index in [1.807, 2.05) is 29.3 Å². The number of hydrogen-bond acceptors (Lipinski definition) is 7. The molecule has 0 aliphatic carbocycles. The summed E-state index contributed by atoms with van der Waals surface area (Å²) in [6.07, 6.45) is 3.17. The topological polar surface area (TPSA) is 101 Å². The largest absolute Gasteiger partial charge is 0.456 e. The maximum absolute atomic E-state index is 12.5.